The molecular formula is C10H14BrN3O3S. The van der Waals surface area contributed by atoms with Crippen molar-refractivity contribution in [3.63, 3.8) is 0 Å². The first kappa shape index (κ1) is 13.7. The third-order valence-electron chi connectivity index (χ3n) is 2.62. The Morgan fingerprint density at radius 3 is 3.00 bits per heavy atom. The van der Waals surface area contributed by atoms with Crippen LogP contribution in [0.1, 0.15) is 12.8 Å². The van der Waals surface area contributed by atoms with Gasteiger partial charge in [0.1, 0.15) is 10.7 Å². The fraction of sp³-hybridized carbons (Fsp3) is 0.500. The molecule has 1 aliphatic rings. The number of aromatic nitrogens is 1. The Morgan fingerprint density at radius 1 is 1.56 bits per heavy atom. The Labute approximate surface area is 114 Å². The van der Waals surface area contributed by atoms with Gasteiger partial charge in [-0.15, -0.1) is 0 Å². The predicted molar refractivity (Wildman–Crippen MR) is 70.5 cm³/mol. The maximum Gasteiger partial charge on any atom is 0.244 e. The minimum Gasteiger partial charge on any atom is -0.383 e. The molecule has 6 nitrogen and oxygen atoms in total. The normalized spacial score (nSPS) is 20.8. The largest absolute Gasteiger partial charge is 0.383 e. The Morgan fingerprint density at radius 2 is 2.33 bits per heavy atom. The second-order valence-corrected chi connectivity index (χ2v) is 6.67. The van der Waals surface area contributed by atoms with Gasteiger partial charge in [-0.2, -0.15) is 0 Å². The standard InChI is InChI=1S/C10H14BrN3O3S/c11-7-4-9(10(12)13-5-7)18(15,16)14-8-2-1-3-17-6-8/h4-5,8,14H,1-3,6H2,(H2,12,13). The molecule has 1 aromatic rings. The number of halogens is 1. The summed E-state index contributed by atoms with van der Waals surface area (Å²) in [6.07, 6.45) is 3.07. The fourth-order valence-corrected chi connectivity index (χ4v) is 3.61. The zero-order valence-corrected chi connectivity index (χ0v) is 12.0. The average Bonchev–Trinajstić information content (AvgIpc) is 2.33. The third-order valence-corrected chi connectivity index (χ3v) is 4.60. The summed E-state index contributed by atoms with van der Waals surface area (Å²) in [5.41, 5.74) is 5.60. The van der Waals surface area contributed by atoms with Crippen molar-refractivity contribution in [3.8, 4) is 0 Å². The highest BCUT2D eigenvalue weighted by molar-refractivity contribution is 9.10. The van der Waals surface area contributed by atoms with Gasteiger partial charge in [-0.05, 0) is 34.8 Å². The molecule has 1 fully saturated rings. The summed E-state index contributed by atoms with van der Waals surface area (Å²) < 4.78 is 32.7. The van der Waals surface area contributed by atoms with Crippen molar-refractivity contribution in [2.24, 2.45) is 0 Å². The molecule has 0 saturated carbocycles. The molecule has 1 aromatic heterocycles. The molecule has 1 aliphatic heterocycles. The summed E-state index contributed by atoms with van der Waals surface area (Å²) in [6.45, 7) is 1.07. The van der Waals surface area contributed by atoms with Crippen LogP contribution in [0.25, 0.3) is 0 Å². The summed E-state index contributed by atoms with van der Waals surface area (Å²) in [4.78, 5) is 3.81. The molecule has 1 saturated heterocycles. The molecule has 0 spiro atoms. The molecule has 100 valence electrons. The SMILES string of the molecule is Nc1ncc(Br)cc1S(=O)(=O)NC1CCCOC1. The molecule has 0 radical (unpaired) electrons. The second kappa shape index (κ2) is 5.52. The van der Waals surface area contributed by atoms with Crippen molar-refractivity contribution < 1.29 is 13.2 Å². The lowest BCUT2D eigenvalue weighted by Crippen LogP contribution is -2.40. The predicted octanol–water partition coefficient (Wildman–Crippen LogP) is 0.884. The lowest BCUT2D eigenvalue weighted by Gasteiger charge is -2.23. The van der Waals surface area contributed by atoms with Crippen molar-refractivity contribution in [2.75, 3.05) is 18.9 Å². The van der Waals surface area contributed by atoms with Crippen molar-refractivity contribution in [1.29, 1.82) is 0 Å². The van der Waals surface area contributed by atoms with Crippen LogP contribution in [0.2, 0.25) is 0 Å². The zero-order valence-electron chi connectivity index (χ0n) is 9.60. The van der Waals surface area contributed by atoms with E-state index < -0.39 is 10.0 Å². The quantitative estimate of drug-likeness (QED) is 0.855. The van der Waals surface area contributed by atoms with Gasteiger partial charge in [0.2, 0.25) is 10.0 Å². The van der Waals surface area contributed by atoms with E-state index in [0.717, 1.165) is 12.8 Å². The van der Waals surface area contributed by atoms with E-state index in [0.29, 0.717) is 17.7 Å². The maximum atomic E-state index is 12.2. The highest BCUT2D eigenvalue weighted by Gasteiger charge is 2.24. The number of anilines is 1. The maximum absolute atomic E-state index is 12.2. The fourth-order valence-electron chi connectivity index (χ4n) is 1.76. The molecule has 3 N–H and O–H groups in total. The van der Waals surface area contributed by atoms with Crippen LogP contribution in [-0.4, -0.2) is 32.7 Å². The van der Waals surface area contributed by atoms with Crippen LogP contribution >= 0.6 is 15.9 Å². The summed E-state index contributed by atoms with van der Waals surface area (Å²) in [6, 6.07) is 1.23. The van der Waals surface area contributed by atoms with E-state index in [4.69, 9.17) is 10.5 Å². The Hall–Kier alpha value is -0.700. The van der Waals surface area contributed by atoms with Crippen LogP contribution < -0.4 is 10.5 Å². The van der Waals surface area contributed by atoms with Gasteiger partial charge in [-0.1, -0.05) is 0 Å². The first-order valence-electron chi connectivity index (χ1n) is 5.50. The first-order chi connectivity index (χ1) is 8.49. The van der Waals surface area contributed by atoms with E-state index in [2.05, 4.69) is 25.6 Å². The summed E-state index contributed by atoms with van der Waals surface area (Å²) in [5.74, 6) is -0.0116. The number of nitrogen functional groups attached to an aromatic ring is 1. The number of nitrogens with two attached hydrogens (primary N) is 1. The molecule has 1 unspecified atom stereocenters. The summed E-state index contributed by atoms with van der Waals surface area (Å²) >= 11 is 3.18. The minimum absolute atomic E-state index is 0.0116. The molecular weight excluding hydrogens is 322 g/mol. The Balaban J connectivity index is 2.21. The number of hydrogen-bond donors (Lipinski definition) is 2. The van der Waals surface area contributed by atoms with Crippen LogP contribution in [0.4, 0.5) is 5.82 Å². The van der Waals surface area contributed by atoms with Crippen molar-refractivity contribution in [1.82, 2.24) is 9.71 Å². The van der Waals surface area contributed by atoms with Gasteiger partial charge in [0.25, 0.3) is 0 Å². The van der Waals surface area contributed by atoms with E-state index in [1.54, 1.807) is 0 Å². The zero-order chi connectivity index (χ0) is 13.2. The number of nitrogens with one attached hydrogen (secondary N) is 1. The van der Waals surface area contributed by atoms with Gasteiger partial charge < -0.3 is 10.5 Å². The molecule has 2 heterocycles. The van der Waals surface area contributed by atoms with E-state index >= 15 is 0 Å². The highest BCUT2D eigenvalue weighted by Crippen LogP contribution is 2.21. The van der Waals surface area contributed by atoms with Gasteiger partial charge in [0, 0.05) is 23.3 Å². The Kier molecular flexibility index (Phi) is 4.21. The number of hydrogen-bond acceptors (Lipinski definition) is 5. The number of ether oxygens (including phenoxy) is 1. The van der Waals surface area contributed by atoms with Crippen LogP contribution in [-0.2, 0) is 14.8 Å². The molecule has 2 rings (SSSR count). The number of rotatable bonds is 3. The van der Waals surface area contributed by atoms with E-state index in [1.807, 2.05) is 0 Å². The number of sulfonamides is 1. The van der Waals surface area contributed by atoms with Gasteiger partial charge >= 0.3 is 0 Å². The lowest BCUT2D eigenvalue weighted by atomic mass is 10.1. The van der Waals surface area contributed by atoms with E-state index in [1.165, 1.54) is 12.3 Å². The van der Waals surface area contributed by atoms with E-state index in [9.17, 15) is 8.42 Å². The van der Waals surface area contributed by atoms with E-state index in [-0.39, 0.29) is 16.8 Å². The first-order valence-corrected chi connectivity index (χ1v) is 7.78. The molecule has 0 aliphatic carbocycles. The number of pyridine rings is 1. The molecule has 0 amide bonds. The topological polar surface area (TPSA) is 94.3 Å². The second-order valence-electron chi connectivity index (χ2n) is 4.07. The van der Waals surface area contributed by atoms with Crippen molar-refractivity contribution in [3.05, 3.63) is 16.7 Å². The molecule has 0 aromatic carbocycles. The lowest BCUT2D eigenvalue weighted by molar-refractivity contribution is 0.0774. The smallest absolute Gasteiger partial charge is 0.244 e. The van der Waals surface area contributed by atoms with Gasteiger partial charge in [-0.25, -0.2) is 18.1 Å². The monoisotopic (exact) mass is 335 g/mol. The summed E-state index contributed by atoms with van der Waals surface area (Å²) in [7, 11) is -3.66. The third kappa shape index (κ3) is 3.19. The van der Waals surface area contributed by atoms with Gasteiger partial charge in [0.05, 0.1) is 6.61 Å². The summed E-state index contributed by atoms with van der Waals surface area (Å²) in [5, 5.41) is 0. The van der Waals surface area contributed by atoms with Gasteiger partial charge in [0.15, 0.2) is 0 Å². The van der Waals surface area contributed by atoms with Crippen molar-refractivity contribution in [2.45, 2.75) is 23.8 Å². The number of nitrogens with zero attached hydrogens (tertiary/aromatic N) is 1. The molecule has 8 heteroatoms. The average molecular weight is 336 g/mol. The molecule has 0 bridgehead atoms. The molecule has 18 heavy (non-hydrogen) atoms. The van der Waals surface area contributed by atoms with Crippen LogP contribution in [0, 0.1) is 0 Å². The van der Waals surface area contributed by atoms with Gasteiger partial charge in [-0.3, -0.25) is 0 Å². The Bertz CT molecular complexity index is 529. The highest BCUT2D eigenvalue weighted by atomic mass is 79.9. The van der Waals surface area contributed by atoms with Crippen LogP contribution in [0.15, 0.2) is 21.6 Å². The van der Waals surface area contributed by atoms with Crippen LogP contribution in [0.5, 0.6) is 0 Å². The molecule has 1 atom stereocenters. The van der Waals surface area contributed by atoms with Crippen molar-refractivity contribution >= 4 is 31.8 Å². The van der Waals surface area contributed by atoms with Crippen LogP contribution in [0.3, 0.4) is 0 Å². The minimum atomic E-state index is -3.66.